The van der Waals surface area contributed by atoms with E-state index in [4.69, 9.17) is 5.73 Å². The maximum atomic E-state index is 11.9. The first-order chi connectivity index (χ1) is 10.2. The number of nitrogens with two attached hydrogens (primary N) is 1. The highest BCUT2D eigenvalue weighted by atomic mass is 32.2. The van der Waals surface area contributed by atoms with E-state index in [1.165, 1.54) is 28.7 Å². The van der Waals surface area contributed by atoms with E-state index >= 15 is 0 Å². The summed E-state index contributed by atoms with van der Waals surface area (Å²) >= 11 is 2.65. The molecule has 21 heavy (non-hydrogen) atoms. The molecule has 7 heteroatoms. The first-order valence-electron chi connectivity index (χ1n) is 6.72. The lowest BCUT2D eigenvalue weighted by atomic mass is 9.96. The van der Waals surface area contributed by atoms with E-state index in [0.717, 1.165) is 10.8 Å². The number of amides is 1. The molecule has 2 aromatic rings. The van der Waals surface area contributed by atoms with Gasteiger partial charge in [0.15, 0.2) is 4.34 Å². The van der Waals surface area contributed by atoms with Gasteiger partial charge in [0.2, 0.25) is 11.0 Å². The Kier molecular flexibility index (Phi) is 6.01. The van der Waals surface area contributed by atoms with E-state index in [9.17, 15) is 4.79 Å². The zero-order valence-corrected chi connectivity index (χ0v) is 13.4. The normalized spacial score (nSPS) is 12.0. The summed E-state index contributed by atoms with van der Waals surface area (Å²) in [5, 5.41) is 11.0. The number of carbonyl (C=O) groups excluding carboxylic acids is 1. The number of hydrogen-bond acceptors (Lipinski definition) is 6. The smallest absolute Gasteiger partial charge is 0.230 e. The third-order valence-electron chi connectivity index (χ3n) is 3.06. The molecule has 5 nitrogen and oxygen atoms in total. The van der Waals surface area contributed by atoms with Crippen molar-refractivity contribution < 1.29 is 4.79 Å². The largest absolute Gasteiger partial charge is 0.374 e. The SMILES string of the molecule is CCC(CNC(=O)CSc1nnc(N)s1)c1ccccc1. The van der Waals surface area contributed by atoms with Crippen molar-refractivity contribution in [3.05, 3.63) is 35.9 Å². The number of anilines is 1. The zero-order valence-electron chi connectivity index (χ0n) is 11.8. The number of rotatable bonds is 7. The molecule has 0 bridgehead atoms. The first kappa shape index (κ1) is 15.8. The Morgan fingerprint density at radius 3 is 2.76 bits per heavy atom. The van der Waals surface area contributed by atoms with Gasteiger partial charge in [-0.2, -0.15) is 0 Å². The van der Waals surface area contributed by atoms with Gasteiger partial charge in [0.1, 0.15) is 0 Å². The van der Waals surface area contributed by atoms with E-state index in [-0.39, 0.29) is 5.91 Å². The van der Waals surface area contributed by atoms with Crippen LogP contribution >= 0.6 is 23.1 Å². The van der Waals surface area contributed by atoms with E-state index in [1.807, 2.05) is 18.2 Å². The van der Waals surface area contributed by atoms with Crippen LogP contribution in [-0.2, 0) is 4.79 Å². The van der Waals surface area contributed by atoms with Crippen molar-refractivity contribution in [3.8, 4) is 0 Å². The highest BCUT2D eigenvalue weighted by molar-refractivity contribution is 8.01. The molecule has 0 radical (unpaired) electrons. The van der Waals surface area contributed by atoms with Crippen LogP contribution < -0.4 is 11.1 Å². The van der Waals surface area contributed by atoms with Gasteiger partial charge in [0, 0.05) is 12.5 Å². The summed E-state index contributed by atoms with van der Waals surface area (Å²) in [5.74, 6) is 0.681. The van der Waals surface area contributed by atoms with Gasteiger partial charge >= 0.3 is 0 Å². The van der Waals surface area contributed by atoms with Crippen LogP contribution in [0.15, 0.2) is 34.7 Å². The quantitative estimate of drug-likeness (QED) is 0.766. The summed E-state index contributed by atoms with van der Waals surface area (Å²) < 4.78 is 0.720. The predicted molar refractivity (Wildman–Crippen MR) is 87.5 cm³/mol. The number of nitrogens with zero attached hydrogens (tertiary/aromatic N) is 2. The maximum absolute atomic E-state index is 11.9. The Bertz CT molecular complexity index is 573. The second-order valence-electron chi connectivity index (χ2n) is 4.51. The summed E-state index contributed by atoms with van der Waals surface area (Å²) in [7, 11) is 0. The molecular formula is C14H18N4OS2. The summed E-state index contributed by atoms with van der Waals surface area (Å²) in [5.41, 5.74) is 6.75. The predicted octanol–water partition coefficient (Wildman–Crippen LogP) is 2.52. The lowest BCUT2D eigenvalue weighted by Crippen LogP contribution is -2.29. The highest BCUT2D eigenvalue weighted by Gasteiger charge is 2.11. The molecule has 0 aliphatic rings. The van der Waals surface area contributed by atoms with Crippen molar-refractivity contribution in [2.75, 3.05) is 18.0 Å². The minimum absolute atomic E-state index is 0.00292. The number of nitrogens with one attached hydrogen (secondary N) is 1. The number of nitrogen functional groups attached to an aromatic ring is 1. The zero-order chi connectivity index (χ0) is 15.1. The second kappa shape index (κ2) is 7.99. The van der Waals surface area contributed by atoms with Gasteiger partial charge in [-0.3, -0.25) is 4.79 Å². The molecule has 1 aromatic carbocycles. The topological polar surface area (TPSA) is 80.9 Å². The molecule has 3 N–H and O–H groups in total. The van der Waals surface area contributed by atoms with E-state index in [1.54, 1.807) is 0 Å². The summed E-state index contributed by atoms with van der Waals surface area (Å²) in [6, 6.07) is 10.2. The molecule has 0 saturated heterocycles. The van der Waals surface area contributed by atoms with Gasteiger partial charge in [-0.25, -0.2) is 0 Å². The van der Waals surface area contributed by atoms with E-state index in [2.05, 4.69) is 34.6 Å². The molecule has 112 valence electrons. The molecule has 1 atom stereocenters. The minimum Gasteiger partial charge on any atom is -0.374 e. The van der Waals surface area contributed by atoms with Crippen LogP contribution in [-0.4, -0.2) is 28.4 Å². The molecule has 1 heterocycles. The average molecular weight is 322 g/mol. The minimum atomic E-state index is 0.00292. The summed E-state index contributed by atoms with van der Waals surface area (Å²) in [6.45, 7) is 2.78. The molecule has 1 aromatic heterocycles. The van der Waals surface area contributed by atoms with Crippen molar-refractivity contribution in [1.29, 1.82) is 0 Å². The molecular weight excluding hydrogens is 304 g/mol. The number of hydrogen-bond donors (Lipinski definition) is 2. The van der Waals surface area contributed by atoms with Gasteiger partial charge in [0.05, 0.1) is 5.75 Å². The molecule has 0 spiro atoms. The van der Waals surface area contributed by atoms with Gasteiger partial charge in [-0.1, -0.05) is 60.4 Å². The Morgan fingerprint density at radius 1 is 1.38 bits per heavy atom. The lowest BCUT2D eigenvalue weighted by molar-refractivity contribution is -0.118. The molecule has 1 unspecified atom stereocenters. The van der Waals surface area contributed by atoms with Crippen LogP contribution in [0.5, 0.6) is 0 Å². The number of aromatic nitrogens is 2. The highest BCUT2D eigenvalue weighted by Crippen LogP contribution is 2.23. The summed E-state index contributed by atoms with van der Waals surface area (Å²) in [4.78, 5) is 11.9. The third-order valence-corrected chi connectivity index (χ3v) is 4.94. The van der Waals surface area contributed by atoms with Gasteiger partial charge in [0.25, 0.3) is 0 Å². The summed E-state index contributed by atoms with van der Waals surface area (Å²) in [6.07, 6.45) is 0.990. The molecule has 1 amide bonds. The lowest BCUT2D eigenvalue weighted by Gasteiger charge is -2.16. The van der Waals surface area contributed by atoms with Crippen molar-refractivity contribution in [1.82, 2.24) is 15.5 Å². The van der Waals surface area contributed by atoms with Crippen LogP contribution in [0.4, 0.5) is 5.13 Å². The maximum Gasteiger partial charge on any atom is 0.230 e. The Balaban J connectivity index is 1.77. The van der Waals surface area contributed by atoms with Gasteiger partial charge < -0.3 is 11.1 Å². The fourth-order valence-electron chi connectivity index (χ4n) is 1.92. The van der Waals surface area contributed by atoms with E-state index in [0.29, 0.717) is 23.3 Å². The molecule has 0 fully saturated rings. The fraction of sp³-hybridized carbons (Fsp3) is 0.357. The first-order valence-corrected chi connectivity index (χ1v) is 8.52. The fourth-order valence-corrected chi connectivity index (χ4v) is 3.38. The van der Waals surface area contributed by atoms with Crippen molar-refractivity contribution >= 4 is 34.1 Å². The monoisotopic (exact) mass is 322 g/mol. The third kappa shape index (κ3) is 5.02. The Labute approximate surface area is 132 Å². The molecule has 2 rings (SSSR count). The molecule has 0 saturated carbocycles. The molecule has 0 aliphatic carbocycles. The average Bonchev–Trinajstić information content (AvgIpc) is 2.92. The van der Waals surface area contributed by atoms with Crippen molar-refractivity contribution in [2.45, 2.75) is 23.6 Å². The van der Waals surface area contributed by atoms with Crippen LogP contribution in [0, 0.1) is 0 Å². The van der Waals surface area contributed by atoms with Crippen molar-refractivity contribution in [3.63, 3.8) is 0 Å². The van der Waals surface area contributed by atoms with Crippen LogP contribution in [0.2, 0.25) is 0 Å². The Hall–Kier alpha value is -1.60. The van der Waals surface area contributed by atoms with Gasteiger partial charge in [-0.05, 0) is 12.0 Å². The van der Waals surface area contributed by atoms with Crippen LogP contribution in [0.3, 0.4) is 0 Å². The second-order valence-corrected chi connectivity index (χ2v) is 6.75. The molecule has 0 aliphatic heterocycles. The van der Waals surface area contributed by atoms with Crippen molar-refractivity contribution in [2.24, 2.45) is 0 Å². The Morgan fingerprint density at radius 2 is 2.14 bits per heavy atom. The van der Waals surface area contributed by atoms with Gasteiger partial charge in [-0.15, -0.1) is 10.2 Å². The van der Waals surface area contributed by atoms with E-state index < -0.39 is 0 Å². The van der Waals surface area contributed by atoms with Crippen LogP contribution in [0.1, 0.15) is 24.8 Å². The van der Waals surface area contributed by atoms with Crippen LogP contribution in [0.25, 0.3) is 0 Å². The number of benzene rings is 1. The standard InChI is InChI=1S/C14H18N4OS2/c1-2-10(11-6-4-3-5-7-11)8-16-12(19)9-20-14-18-17-13(15)21-14/h3-7,10H,2,8-9H2,1H3,(H2,15,17)(H,16,19). The number of carbonyl (C=O) groups is 1. The number of thioether (sulfide) groups is 1.